The zero-order chi connectivity index (χ0) is 18.8. The van der Waals surface area contributed by atoms with Crippen molar-refractivity contribution >= 4 is 23.6 Å². The molecule has 2 aromatic rings. The minimum absolute atomic E-state index is 0.0813. The summed E-state index contributed by atoms with van der Waals surface area (Å²) in [7, 11) is 3.23. The number of ether oxygens (including phenoxy) is 2. The Balaban J connectivity index is 1.70. The first-order chi connectivity index (χ1) is 12.6. The Bertz CT molecular complexity index is 716. The highest BCUT2D eigenvalue weighted by Crippen LogP contribution is 2.12. The van der Waals surface area contributed by atoms with Crippen LogP contribution in [0.3, 0.4) is 0 Å². The molecular formula is C20H20N2O4. The third kappa shape index (κ3) is 5.56. The van der Waals surface area contributed by atoms with Crippen LogP contribution in [0.25, 0.3) is 0 Å². The second-order valence-electron chi connectivity index (χ2n) is 5.25. The summed E-state index contributed by atoms with van der Waals surface area (Å²) in [5, 5.41) is 0. The number of anilines is 2. The molecule has 0 bridgehead atoms. The summed E-state index contributed by atoms with van der Waals surface area (Å²) in [5.74, 6) is 5.28. The Kier molecular flexibility index (Phi) is 7.07. The number of carbonyl (C=O) groups is 2. The molecule has 0 spiro atoms. The van der Waals surface area contributed by atoms with Crippen LogP contribution in [0, 0.1) is 11.8 Å². The topological polar surface area (TPSA) is 59.1 Å². The van der Waals surface area contributed by atoms with Gasteiger partial charge in [-0.25, -0.2) is 9.59 Å². The third-order valence-corrected chi connectivity index (χ3v) is 3.50. The molecule has 0 unspecified atom stereocenters. The predicted octanol–water partition coefficient (Wildman–Crippen LogP) is 3.54. The van der Waals surface area contributed by atoms with Crippen LogP contribution >= 0.6 is 0 Å². The molecule has 0 aliphatic heterocycles. The summed E-state index contributed by atoms with van der Waals surface area (Å²) in [6.45, 7) is -0.163. The fraction of sp³-hybridized carbons (Fsp3) is 0.200. The van der Waals surface area contributed by atoms with E-state index in [0.717, 1.165) is 11.4 Å². The average molecular weight is 352 g/mol. The quantitative estimate of drug-likeness (QED) is 0.790. The van der Waals surface area contributed by atoms with Gasteiger partial charge in [0.05, 0.1) is 0 Å². The van der Waals surface area contributed by atoms with Crippen molar-refractivity contribution in [2.24, 2.45) is 0 Å². The van der Waals surface area contributed by atoms with Gasteiger partial charge in [-0.15, -0.1) is 0 Å². The van der Waals surface area contributed by atoms with Crippen molar-refractivity contribution in [3.8, 4) is 11.8 Å². The largest absolute Gasteiger partial charge is 0.436 e. The van der Waals surface area contributed by atoms with E-state index in [-0.39, 0.29) is 13.2 Å². The first-order valence-corrected chi connectivity index (χ1v) is 7.96. The zero-order valence-electron chi connectivity index (χ0n) is 14.7. The maximum Gasteiger partial charge on any atom is 0.414 e. The van der Waals surface area contributed by atoms with Crippen molar-refractivity contribution in [2.45, 2.75) is 0 Å². The maximum atomic E-state index is 11.9. The molecule has 2 rings (SSSR count). The normalized spacial score (nSPS) is 9.46. The third-order valence-electron chi connectivity index (χ3n) is 3.50. The Morgan fingerprint density at radius 2 is 1.08 bits per heavy atom. The Morgan fingerprint density at radius 3 is 1.42 bits per heavy atom. The van der Waals surface area contributed by atoms with Gasteiger partial charge in [-0.2, -0.15) is 0 Å². The van der Waals surface area contributed by atoms with Gasteiger partial charge >= 0.3 is 12.2 Å². The van der Waals surface area contributed by atoms with Crippen LogP contribution < -0.4 is 9.80 Å². The number of para-hydroxylation sites is 2. The van der Waals surface area contributed by atoms with E-state index in [4.69, 9.17) is 9.47 Å². The molecule has 2 aromatic carbocycles. The summed E-state index contributed by atoms with van der Waals surface area (Å²) in [5.41, 5.74) is 1.45. The summed E-state index contributed by atoms with van der Waals surface area (Å²) >= 11 is 0. The number of benzene rings is 2. The molecule has 0 aliphatic carbocycles. The van der Waals surface area contributed by atoms with Crippen LogP contribution in [0.2, 0.25) is 0 Å². The number of amides is 2. The van der Waals surface area contributed by atoms with Gasteiger partial charge < -0.3 is 9.47 Å². The molecule has 0 aromatic heterocycles. The van der Waals surface area contributed by atoms with Crippen molar-refractivity contribution in [1.29, 1.82) is 0 Å². The molecule has 0 radical (unpaired) electrons. The smallest absolute Gasteiger partial charge is 0.414 e. The van der Waals surface area contributed by atoms with Gasteiger partial charge in [-0.1, -0.05) is 48.2 Å². The van der Waals surface area contributed by atoms with Gasteiger partial charge in [0.2, 0.25) is 0 Å². The SMILES string of the molecule is CN(C(=O)OCC#CCOC(=O)N(C)c1ccccc1)c1ccccc1. The van der Waals surface area contributed by atoms with Gasteiger partial charge in [0, 0.05) is 25.5 Å². The van der Waals surface area contributed by atoms with E-state index in [1.807, 2.05) is 36.4 Å². The van der Waals surface area contributed by atoms with E-state index < -0.39 is 12.2 Å². The van der Waals surface area contributed by atoms with Crippen LogP contribution in [-0.4, -0.2) is 39.5 Å². The number of hydrogen-bond donors (Lipinski definition) is 0. The molecule has 0 aliphatic rings. The minimum Gasteiger partial charge on any atom is -0.436 e. The predicted molar refractivity (Wildman–Crippen MR) is 100 cm³/mol. The van der Waals surface area contributed by atoms with E-state index in [1.54, 1.807) is 38.4 Å². The van der Waals surface area contributed by atoms with Gasteiger partial charge in [-0.3, -0.25) is 9.80 Å². The monoisotopic (exact) mass is 352 g/mol. The van der Waals surface area contributed by atoms with E-state index in [9.17, 15) is 9.59 Å². The molecule has 0 saturated heterocycles. The lowest BCUT2D eigenvalue weighted by Gasteiger charge is -2.16. The lowest BCUT2D eigenvalue weighted by molar-refractivity contribution is 0.166. The van der Waals surface area contributed by atoms with E-state index in [0.29, 0.717) is 0 Å². The zero-order valence-corrected chi connectivity index (χ0v) is 14.7. The molecular weight excluding hydrogens is 332 g/mol. The van der Waals surface area contributed by atoms with Crippen LogP contribution in [0.5, 0.6) is 0 Å². The lowest BCUT2D eigenvalue weighted by atomic mass is 10.3. The van der Waals surface area contributed by atoms with E-state index in [1.165, 1.54) is 9.80 Å². The maximum absolute atomic E-state index is 11.9. The Hall–Kier alpha value is -3.46. The Labute approximate surface area is 152 Å². The Morgan fingerprint density at radius 1 is 0.731 bits per heavy atom. The highest BCUT2D eigenvalue weighted by Gasteiger charge is 2.11. The van der Waals surface area contributed by atoms with Crippen molar-refractivity contribution in [2.75, 3.05) is 37.1 Å². The molecule has 0 N–H and O–H groups in total. The minimum atomic E-state index is -0.508. The second-order valence-corrected chi connectivity index (χ2v) is 5.25. The van der Waals surface area contributed by atoms with Crippen molar-refractivity contribution in [3.63, 3.8) is 0 Å². The van der Waals surface area contributed by atoms with Crippen molar-refractivity contribution in [3.05, 3.63) is 60.7 Å². The number of rotatable bonds is 4. The van der Waals surface area contributed by atoms with E-state index in [2.05, 4.69) is 11.8 Å². The highest BCUT2D eigenvalue weighted by atomic mass is 16.6. The summed E-state index contributed by atoms with van der Waals surface area (Å²) in [4.78, 5) is 26.5. The van der Waals surface area contributed by atoms with Crippen molar-refractivity contribution < 1.29 is 19.1 Å². The van der Waals surface area contributed by atoms with Crippen LogP contribution in [0.4, 0.5) is 21.0 Å². The van der Waals surface area contributed by atoms with Crippen LogP contribution in [0.1, 0.15) is 0 Å². The van der Waals surface area contributed by atoms with Crippen LogP contribution in [0.15, 0.2) is 60.7 Å². The molecule has 2 amide bonds. The van der Waals surface area contributed by atoms with Gasteiger partial charge in [0.15, 0.2) is 13.2 Å². The molecule has 6 nitrogen and oxygen atoms in total. The second kappa shape index (κ2) is 9.74. The van der Waals surface area contributed by atoms with Gasteiger partial charge in [-0.05, 0) is 24.3 Å². The molecule has 134 valence electrons. The molecule has 0 saturated carbocycles. The van der Waals surface area contributed by atoms with E-state index >= 15 is 0 Å². The van der Waals surface area contributed by atoms with Gasteiger partial charge in [0.25, 0.3) is 0 Å². The highest BCUT2D eigenvalue weighted by molar-refractivity contribution is 5.87. The first-order valence-electron chi connectivity index (χ1n) is 7.96. The number of hydrogen-bond acceptors (Lipinski definition) is 4. The number of carbonyl (C=O) groups excluding carboxylic acids is 2. The fourth-order valence-corrected chi connectivity index (χ4v) is 2.01. The lowest BCUT2D eigenvalue weighted by Crippen LogP contribution is -2.27. The molecule has 26 heavy (non-hydrogen) atoms. The van der Waals surface area contributed by atoms with Crippen LogP contribution in [-0.2, 0) is 9.47 Å². The fourth-order valence-electron chi connectivity index (χ4n) is 2.01. The molecule has 0 fully saturated rings. The summed E-state index contributed by atoms with van der Waals surface area (Å²) in [6.07, 6.45) is -1.02. The summed E-state index contributed by atoms with van der Waals surface area (Å²) < 4.78 is 10.1. The molecule has 0 heterocycles. The van der Waals surface area contributed by atoms with Gasteiger partial charge in [0.1, 0.15) is 0 Å². The average Bonchev–Trinajstić information content (AvgIpc) is 2.70. The number of nitrogens with zero attached hydrogens (tertiary/aromatic N) is 2. The first kappa shape index (κ1) is 18.9. The molecule has 0 atom stereocenters. The molecule has 6 heteroatoms. The van der Waals surface area contributed by atoms with Crippen molar-refractivity contribution in [1.82, 2.24) is 0 Å². The standard InChI is InChI=1S/C20H20N2O4/c1-21(17-11-5-3-6-12-17)19(23)25-15-9-10-16-26-20(24)22(2)18-13-7-4-8-14-18/h3-8,11-14H,15-16H2,1-2H3. The summed E-state index contributed by atoms with van der Waals surface area (Å²) in [6, 6.07) is 18.3.